The first-order valence-electron chi connectivity index (χ1n) is 5.60. The third-order valence-electron chi connectivity index (χ3n) is 3.40. The monoisotopic (exact) mass is 297 g/mol. The third-order valence-corrected chi connectivity index (χ3v) is 3.90. The van der Waals surface area contributed by atoms with Crippen molar-refractivity contribution in [2.75, 3.05) is 7.05 Å². The van der Waals surface area contributed by atoms with Gasteiger partial charge in [-0.2, -0.15) is 0 Å². The topological polar surface area (TPSA) is 49.3 Å². The Bertz CT molecular complexity index is 448. The number of hydrogen-bond donors (Lipinski definition) is 2. The maximum atomic E-state index is 12.1. The number of carbonyl (C=O) groups is 1. The van der Waals surface area contributed by atoms with Crippen molar-refractivity contribution in [3.63, 3.8) is 0 Å². The zero-order valence-corrected chi connectivity index (χ0v) is 11.5. The first kappa shape index (κ1) is 12.6. The summed E-state index contributed by atoms with van der Waals surface area (Å²) in [6, 6.07) is 7.73. The highest BCUT2D eigenvalue weighted by Gasteiger charge is 2.56. The highest BCUT2D eigenvalue weighted by atomic mass is 79.9. The zero-order chi connectivity index (χ0) is 12.7. The number of rotatable bonds is 2. The van der Waals surface area contributed by atoms with Gasteiger partial charge in [-0.1, -0.05) is 28.1 Å². The third kappa shape index (κ3) is 2.11. The van der Waals surface area contributed by atoms with Gasteiger partial charge >= 0.3 is 0 Å². The molecule has 0 aliphatic heterocycles. The van der Waals surface area contributed by atoms with E-state index in [0.717, 1.165) is 10.0 Å². The minimum atomic E-state index is -0.741. The lowest BCUT2D eigenvalue weighted by Crippen LogP contribution is -2.60. The second-order valence-corrected chi connectivity index (χ2v) is 5.94. The molecule has 3 nitrogen and oxygen atoms in total. The number of carbonyl (C=O) groups excluding carboxylic acids is 1. The molecule has 2 N–H and O–H groups in total. The fraction of sp³-hybridized carbons (Fsp3) is 0.462. The second kappa shape index (κ2) is 4.10. The van der Waals surface area contributed by atoms with E-state index >= 15 is 0 Å². The molecule has 17 heavy (non-hydrogen) atoms. The molecule has 1 aliphatic carbocycles. The van der Waals surface area contributed by atoms with E-state index in [1.807, 2.05) is 24.3 Å². The molecule has 4 heteroatoms. The Kier molecular flexibility index (Phi) is 3.04. The van der Waals surface area contributed by atoms with Crippen molar-refractivity contribution in [2.24, 2.45) is 0 Å². The van der Waals surface area contributed by atoms with Gasteiger partial charge in [0.15, 0.2) is 0 Å². The van der Waals surface area contributed by atoms with E-state index in [-0.39, 0.29) is 5.91 Å². The molecular weight excluding hydrogens is 282 g/mol. The molecular formula is C13H16BrNO2. The minimum absolute atomic E-state index is 0.0258. The minimum Gasteiger partial charge on any atom is -0.390 e. The summed E-state index contributed by atoms with van der Waals surface area (Å²) in [6.45, 7) is 1.77. The number of halogens is 1. The SMILES string of the molecule is CNC(=O)C1(c2cccc(Br)c2)CC(C)(O)C1. The van der Waals surface area contributed by atoms with Crippen LogP contribution in [0.2, 0.25) is 0 Å². The Morgan fingerprint density at radius 2 is 2.12 bits per heavy atom. The van der Waals surface area contributed by atoms with Gasteiger partial charge < -0.3 is 10.4 Å². The molecule has 0 heterocycles. The molecule has 1 aromatic rings. The van der Waals surface area contributed by atoms with Crippen LogP contribution in [0.25, 0.3) is 0 Å². The molecule has 1 aliphatic rings. The van der Waals surface area contributed by atoms with Gasteiger partial charge in [-0.05, 0) is 37.5 Å². The average molecular weight is 298 g/mol. The fourth-order valence-electron chi connectivity index (χ4n) is 2.77. The van der Waals surface area contributed by atoms with Crippen LogP contribution in [-0.4, -0.2) is 23.7 Å². The summed E-state index contributed by atoms with van der Waals surface area (Å²) >= 11 is 3.41. The Labute approximate surface area is 109 Å². The molecule has 1 amide bonds. The number of aliphatic hydroxyl groups is 1. The molecule has 0 aromatic heterocycles. The Balaban J connectivity index is 2.40. The van der Waals surface area contributed by atoms with E-state index in [4.69, 9.17) is 0 Å². The maximum absolute atomic E-state index is 12.1. The van der Waals surface area contributed by atoms with Crippen LogP contribution >= 0.6 is 15.9 Å². The summed E-state index contributed by atoms with van der Waals surface area (Å²) in [5.74, 6) is -0.0258. The maximum Gasteiger partial charge on any atom is 0.230 e. The van der Waals surface area contributed by atoms with Gasteiger partial charge in [0.05, 0.1) is 11.0 Å². The fourth-order valence-corrected chi connectivity index (χ4v) is 3.17. The normalized spacial score (nSPS) is 31.8. The van der Waals surface area contributed by atoms with E-state index in [1.165, 1.54) is 0 Å². The van der Waals surface area contributed by atoms with Crippen LogP contribution in [0.1, 0.15) is 25.3 Å². The summed E-state index contributed by atoms with van der Waals surface area (Å²) in [6.07, 6.45) is 0.937. The summed E-state index contributed by atoms with van der Waals surface area (Å²) in [4.78, 5) is 12.1. The van der Waals surface area contributed by atoms with Crippen LogP contribution in [0, 0.1) is 0 Å². The second-order valence-electron chi connectivity index (χ2n) is 5.02. The highest BCUT2D eigenvalue weighted by Crippen LogP contribution is 2.50. The number of nitrogens with one attached hydrogen (secondary N) is 1. The predicted octanol–water partition coefficient (Wildman–Crippen LogP) is 1.98. The molecule has 0 atom stereocenters. The molecule has 2 rings (SSSR count). The largest absolute Gasteiger partial charge is 0.390 e. The summed E-state index contributed by atoms with van der Waals surface area (Å²) < 4.78 is 0.949. The molecule has 0 bridgehead atoms. The van der Waals surface area contributed by atoms with Crippen molar-refractivity contribution in [1.82, 2.24) is 5.32 Å². The lowest BCUT2D eigenvalue weighted by molar-refractivity contribution is -0.144. The average Bonchev–Trinajstić information content (AvgIpc) is 2.24. The summed E-state index contributed by atoms with van der Waals surface area (Å²) in [5, 5.41) is 12.6. The standard InChI is InChI=1S/C13H16BrNO2/c1-12(17)7-13(8-12,11(16)15-2)9-4-3-5-10(14)6-9/h3-6,17H,7-8H2,1-2H3,(H,15,16). The Morgan fingerprint density at radius 1 is 1.47 bits per heavy atom. The van der Waals surface area contributed by atoms with Crippen LogP contribution in [-0.2, 0) is 10.2 Å². The summed E-state index contributed by atoms with van der Waals surface area (Å²) in [5.41, 5.74) is -0.366. The molecule has 0 spiro atoms. The van der Waals surface area contributed by atoms with Gasteiger partial charge in [-0.15, -0.1) is 0 Å². The molecule has 1 fully saturated rings. The Morgan fingerprint density at radius 3 is 2.59 bits per heavy atom. The van der Waals surface area contributed by atoms with Crippen molar-refractivity contribution in [3.05, 3.63) is 34.3 Å². The predicted molar refractivity (Wildman–Crippen MR) is 69.7 cm³/mol. The lowest BCUT2D eigenvalue weighted by Gasteiger charge is -2.50. The smallest absolute Gasteiger partial charge is 0.230 e. The number of benzene rings is 1. The first-order valence-corrected chi connectivity index (χ1v) is 6.40. The van der Waals surface area contributed by atoms with Crippen molar-refractivity contribution >= 4 is 21.8 Å². The van der Waals surface area contributed by atoms with E-state index < -0.39 is 11.0 Å². The molecule has 0 radical (unpaired) electrons. The van der Waals surface area contributed by atoms with E-state index in [2.05, 4.69) is 21.2 Å². The van der Waals surface area contributed by atoms with Gasteiger partial charge in [0, 0.05) is 11.5 Å². The van der Waals surface area contributed by atoms with E-state index in [0.29, 0.717) is 12.8 Å². The van der Waals surface area contributed by atoms with Gasteiger partial charge in [-0.25, -0.2) is 0 Å². The highest BCUT2D eigenvalue weighted by molar-refractivity contribution is 9.10. The first-order chi connectivity index (χ1) is 7.89. The molecule has 0 unspecified atom stereocenters. The Hall–Kier alpha value is -0.870. The van der Waals surface area contributed by atoms with Gasteiger partial charge in [0.1, 0.15) is 0 Å². The van der Waals surface area contributed by atoms with Gasteiger partial charge in [0.2, 0.25) is 5.91 Å². The number of hydrogen-bond acceptors (Lipinski definition) is 2. The zero-order valence-electron chi connectivity index (χ0n) is 9.96. The molecule has 1 aromatic carbocycles. The summed E-state index contributed by atoms with van der Waals surface area (Å²) in [7, 11) is 1.63. The lowest BCUT2D eigenvalue weighted by atomic mass is 9.56. The van der Waals surface area contributed by atoms with Crippen LogP contribution in [0.5, 0.6) is 0 Å². The molecule has 0 saturated heterocycles. The molecule has 1 saturated carbocycles. The van der Waals surface area contributed by atoms with Crippen LogP contribution in [0.15, 0.2) is 28.7 Å². The van der Waals surface area contributed by atoms with Crippen molar-refractivity contribution in [3.8, 4) is 0 Å². The number of likely N-dealkylation sites (N-methyl/N-ethyl adjacent to an activating group) is 1. The van der Waals surface area contributed by atoms with E-state index in [1.54, 1.807) is 14.0 Å². The van der Waals surface area contributed by atoms with Crippen LogP contribution in [0.3, 0.4) is 0 Å². The van der Waals surface area contributed by atoms with Crippen molar-refractivity contribution in [2.45, 2.75) is 30.8 Å². The molecule has 92 valence electrons. The van der Waals surface area contributed by atoms with Crippen molar-refractivity contribution < 1.29 is 9.90 Å². The van der Waals surface area contributed by atoms with Crippen LogP contribution in [0.4, 0.5) is 0 Å². The van der Waals surface area contributed by atoms with Crippen molar-refractivity contribution in [1.29, 1.82) is 0 Å². The van der Waals surface area contributed by atoms with Crippen LogP contribution < -0.4 is 5.32 Å². The van der Waals surface area contributed by atoms with Gasteiger partial charge in [0.25, 0.3) is 0 Å². The number of amides is 1. The van der Waals surface area contributed by atoms with E-state index in [9.17, 15) is 9.90 Å². The quantitative estimate of drug-likeness (QED) is 0.877. The van der Waals surface area contributed by atoms with Gasteiger partial charge in [-0.3, -0.25) is 4.79 Å².